The maximum Gasteiger partial charge on any atom is 0.151 e. The molecule has 0 spiro atoms. The quantitative estimate of drug-likeness (QED) is 0.755. The molecule has 0 bridgehead atoms. The molecule has 2 rings (SSSR count). The van der Waals surface area contributed by atoms with Crippen LogP contribution in [0, 0.1) is 0 Å². The van der Waals surface area contributed by atoms with Crippen molar-refractivity contribution in [2.45, 2.75) is 12.7 Å². The van der Waals surface area contributed by atoms with Crippen molar-refractivity contribution in [1.29, 1.82) is 0 Å². The van der Waals surface area contributed by atoms with E-state index in [-0.39, 0.29) is 6.17 Å². The first-order chi connectivity index (χ1) is 7.83. The molecule has 4 nitrogen and oxygen atoms in total. The Kier molecular flexibility index (Phi) is 3.54. The van der Waals surface area contributed by atoms with Crippen LogP contribution in [0.25, 0.3) is 0 Å². The van der Waals surface area contributed by atoms with Crippen molar-refractivity contribution in [3.8, 4) is 5.75 Å². The van der Waals surface area contributed by atoms with Gasteiger partial charge in [-0.1, -0.05) is 12.1 Å². The summed E-state index contributed by atoms with van der Waals surface area (Å²) in [5.74, 6) is 0.857. The van der Waals surface area contributed by atoms with E-state index in [0.717, 1.165) is 31.7 Å². The molecule has 1 fully saturated rings. The van der Waals surface area contributed by atoms with Crippen LogP contribution in [0.1, 0.15) is 5.56 Å². The summed E-state index contributed by atoms with van der Waals surface area (Å²) >= 11 is 0. The van der Waals surface area contributed by atoms with Crippen LogP contribution in [-0.2, 0) is 11.3 Å². The number of nitrogens with zero attached hydrogens (tertiary/aromatic N) is 1. The van der Waals surface area contributed by atoms with Gasteiger partial charge in [0.2, 0.25) is 0 Å². The van der Waals surface area contributed by atoms with E-state index in [4.69, 9.17) is 4.74 Å². The third kappa shape index (κ3) is 2.40. The monoisotopic (exact) mass is 220 g/mol. The molecule has 1 N–H and O–H groups in total. The number of aldehydes is 1. The number of hydrogen-bond donors (Lipinski definition) is 1. The number of benzene rings is 1. The Balaban J connectivity index is 2.00. The normalized spacial score (nSPS) is 20.9. The van der Waals surface area contributed by atoms with E-state index in [1.54, 1.807) is 7.11 Å². The molecule has 16 heavy (non-hydrogen) atoms. The van der Waals surface area contributed by atoms with Crippen molar-refractivity contribution in [2.75, 3.05) is 20.2 Å². The third-order valence-electron chi connectivity index (χ3n) is 2.82. The van der Waals surface area contributed by atoms with Crippen LogP contribution in [0.4, 0.5) is 0 Å². The van der Waals surface area contributed by atoms with E-state index < -0.39 is 0 Å². The first-order valence-electron chi connectivity index (χ1n) is 5.39. The van der Waals surface area contributed by atoms with Gasteiger partial charge in [-0.25, -0.2) is 0 Å². The van der Waals surface area contributed by atoms with Crippen LogP contribution in [0.15, 0.2) is 24.3 Å². The van der Waals surface area contributed by atoms with Crippen LogP contribution in [0.2, 0.25) is 0 Å². The highest BCUT2D eigenvalue weighted by Crippen LogP contribution is 2.14. The molecular weight excluding hydrogens is 204 g/mol. The molecular formula is C12H16N2O2. The summed E-state index contributed by atoms with van der Waals surface area (Å²) in [4.78, 5) is 12.9. The minimum absolute atomic E-state index is 0.137. The first kappa shape index (κ1) is 11.1. The summed E-state index contributed by atoms with van der Waals surface area (Å²) in [6, 6.07) is 7.93. The Morgan fingerprint density at radius 3 is 2.88 bits per heavy atom. The van der Waals surface area contributed by atoms with Crippen molar-refractivity contribution < 1.29 is 9.53 Å². The van der Waals surface area contributed by atoms with Crippen LogP contribution in [0.5, 0.6) is 5.75 Å². The molecule has 1 aliphatic heterocycles. The lowest BCUT2D eigenvalue weighted by Gasteiger charge is -2.19. The fourth-order valence-electron chi connectivity index (χ4n) is 1.90. The highest BCUT2D eigenvalue weighted by atomic mass is 16.5. The Hall–Kier alpha value is -1.39. The van der Waals surface area contributed by atoms with Crippen molar-refractivity contribution in [1.82, 2.24) is 10.2 Å². The highest BCUT2D eigenvalue weighted by Gasteiger charge is 2.22. The van der Waals surface area contributed by atoms with Gasteiger partial charge in [0.15, 0.2) is 6.29 Å². The molecule has 4 heteroatoms. The van der Waals surface area contributed by atoms with E-state index >= 15 is 0 Å². The molecule has 1 saturated heterocycles. The predicted octanol–water partition coefficient (Wildman–Crippen LogP) is 0.625. The summed E-state index contributed by atoms with van der Waals surface area (Å²) in [6.45, 7) is 2.58. The minimum atomic E-state index is -0.137. The van der Waals surface area contributed by atoms with E-state index in [1.165, 1.54) is 5.56 Å². The second-order valence-corrected chi connectivity index (χ2v) is 3.85. The van der Waals surface area contributed by atoms with E-state index in [2.05, 4.69) is 10.2 Å². The zero-order valence-corrected chi connectivity index (χ0v) is 9.35. The van der Waals surface area contributed by atoms with E-state index in [0.29, 0.717) is 0 Å². The van der Waals surface area contributed by atoms with Crippen LogP contribution >= 0.6 is 0 Å². The van der Waals surface area contributed by atoms with Gasteiger partial charge in [0.25, 0.3) is 0 Å². The Bertz CT molecular complexity index is 351. The maximum atomic E-state index is 10.8. The summed E-state index contributed by atoms with van der Waals surface area (Å²) in [6.07, 6.45) is 0.818. The van der Waals surface area contributed by atoms with Gasteiger partial charge >= 0.3 is 0 Å². The van der Waals surface area contributed by atoms with Gasteiger partial charge in [-0.3, -0.25) is 10.2 Å². The molecule has 0 aliphatic carbocycles. The highest BCUT2D eigenvalue weighted by molar-refractivity contribution is 5.57. The largest absolute Gasteiger partial charge is 0.497 e. The molecule has 1 aliphatic rings. The van der Waals surface area contributed by atoms with E-state index in [9.17, 15) is 4.79 Å². The average molecular weight is 220 g/mol. The lowest BCUT2D eigenvalue weighted by Crippen LogP contribution is -2.36. The molecule has 0 radical (unpaired) electrons. The molecule has 1 atom stereocenters. The van der Waals surface area contributed by atoms with Gasteiger partial charge in [-0.05, 0) is 17.7 Å². The number of nitrogens with one attached hydrogen (secondary N) is 1. The zero-order chi connectivity index (χ0) is 11.4. The van der Waals surface area contributed by atoms with Gasteiger partial charge in [0, 0.05) is 19.6 Å². The van der Waals surface area contributed by atoms with Crippen LogP contribution in [0.3, 0.4) is 0 Å². The van der Waals surface area contributed by atoms with Crippen LogP contribution in [-0.4, -0.2) is 37.6 Å². The van der Waals surface area contributed by atoms with Gasteiger partial charge in [0.1, 0.15) is 11.9 Å². The number of hydrogen-bond acceptors (Lipinski definition) is 4. The summed E-state index contributed by atoms with van der Waals surface area (Å²) in [5.41, 5.74) is 1.19. The predicted molar refractivity (Wildman–Crippen MR) is 61.3 cm³/mol. The Morgan fingerprint density at radius 1 is 1.50 bits per heavy atom. The second kappa shape index (κ2) is 5.09. The number of carbonyl (C=O) groups excluding carboxylic acids is 1. The fourth-order valence-corrected chi connectivity index (χ4v) is 1.90. The average Bonchev–Trinajstić information content (AvgIpc) is 2.77. The van der Waals surface area contributed by atoms with Crippen molar-refractivity contribution in [3.05, 3.63) is 29.8 Å². The maximum absolute atomic E-state index is 10.8. The smallest absolute Gasteiger partial charge is 0.151 e. The number of rotatable bonds is 4. The topological polar surface area (TPSA) is 41.6 Å². The van der Waals surface area contributed by atoms with Crippen LogP contribution < -0.4 is 10.1 Å². The molecule has 1 heterocycles. The molecule has 86 valence electrons. The van der Waals surface area contributed by atoms with Gasteiger partial charge in [-0.15, -0.1) is 0 Å². The molecule has 0 saturated carbocycles. The molecule has 1 unspecified atom stereocenters. The summed E-state index contributed by atoms with van der Waals surface area (Å²) < 4.78 is 5.10. The molecule has 0 aromatic heterocycles. The fraction of sp³-hybridized carbons (Fsp3) is 0.417. The summed E-state index contributed by atoms with van der Waals surface area (Å²) in [5, 5.41) is 3.13. The van der Waals surface area contributed by atoms with E-state index in [1.807, 2.05) is 24.3 Å². The number of methoxy groups -OCH3 is 1. The van der Waals surface area contributed by atoms with Gasteiger partial charge < -0.3 is 9.53 Å². The Morgan fingerprint density at radius 2 is 2.25 bits per heavy atom. The second-order valence-electron chi connectivity index (χ2n) is 3.85. The zero-order valence-electron chi connectivity index (χ0n) is 9.35. The van der Waals surface area contributed by atoms with Crippen molar-refractivity contribution in [3.63, 3.8) is 0 Å². The van der Waals surface area contributed by atoms with Gasteiger partial charge in [0.05, 0.1) is 7.11 Å². The third-order valence-corrected chi connectivity index (χ3v) is 2.82. The molecule has 0 amide bonds. The summed E-state index contributed by atoms with van der Waals surface area (Å²) in [7, 11) is 1.65. The standard InChI is InChI=1S/C12H16N2O2/c1-16-11-4-2-10(3-5-11)8-14-7-6-13-12(14)9-15/h2-5,9,12-13H,6-8H2,1H3. The SMILES string of the molecule is COc1ccc(CN2CCNC2C=O)cc1. The number of carbonyl (C=O) groups is 1. The number of ether oxygens (including phenoxy) is 1. The molecule has 1 aromatic carbocycles. The van der Waals surface area contributed by atoms with Crippen molar-refractivity contribution in [2.24, 2.45) is 0 Å². The Labute approximate surface area is 95.2 Å². The molecule has 1 aromatic rings. The van der Waals surface area contributed by atoms with Crippen molar-refractivity contribution >= 4 is 6.29 Å². The van der Waals surface area contributed by atoms with Gasteiger partial charge in [-0.2, -0.15) is 0 Å². The lowest BCUT2D eigenvalue weighted by molar-refractivity contribution is -0.112. The minimum Gasteiger partial charge on any atom is -0.497 e. The first-order valence-corrected chi connectivity index (χ1v) is 5.39. The lowest BCUT2D eigenvalue weighted by atomic mass is 10.2.